The van der Waals surface area contributed by atoms with Crippen LogP contribution in [0, 0.1) is 5.92 Å². The Morgan fingerprint density at radius 2 is 1.27 bits per heavy atom. The van der Waals surface area contributed by atoms with Gasteiger partial charge in [0.25, 0.3) is 0 Å². The first kappa shape index (κ1) is 15.6. The van der Waals surface area contributed by atoms with Gasteiger partial charge in [0.15, 0.2) is 11.6 Å². The van der Waals surface area contributed by atoms with Crippen LogP contribution in [0.5, 0.6) is 0 Å². The van der Waals surface area contributed by atoms with Crippen LogP contribution < -0.4 is 0 Å². The molecule has 3 heteroatoms. The number of hydrogen-bond donors (Lipinski definition) is 0. The summed E-state index contributed by atoms with van der Waals surface area (Å²) in [5, 5.41) is 0. The largest absolute Gasteiger partial charge is 0.299 e. The molecule has 2 rings (SSSR count). The van der Waals surface area contributed by atoms with E-state index in [4.69, 9.17) is 0 Å². The van der Waals surface area contributed by atoms with E-state index in [1.54, 1.807) is 54.6 Å². The molecule has 0 amide bonds. The van der Waals surface area contributed by atoms with Crippen LogP contribution in [0.25, 0.3) is 0 Å². The lowest BCUT2D eigenvalue weighted by Crippen LogP contribution is -2.24. The van der Waals surface area contributed by atoms with Crippen LogP contribution in [0.1, 0.15) is 27.1 Å². The van der Waals surface area contributed by atoms with Crippen molar-refractivity contribution in [3.8, 4) is 0 Å². The van der Waals surface area contributed by atoms with Crippen molar-refractivity contribution >= 4 is 17.9 Å². The number of carbonyl (C=O) groups excluding carboxylic acids is 3. The summed E-state index contributed by atoms with van der Waals surface area (Å²) < 4.78 is 0. The molecular formula is C19H16O3. The van der Waals surface area contributed by atoms with Gasteiger partial charge in [-0.3, -0.25) is 14.4 Å². The van der Waals surface area contributed by atoms with Crippen LogP contribution >= 0.6 is 0 Å². The highest BCUT2D eigenvalue weighted by Gasteiger charge is 2.27. The number of Topliss-reactive ketones (excluding diaryl/α,β-unsaturated/α-hetero) is 2. The molecule has 2 aromatic rings. The highest BCUT2D eigenvalue weighted by atomic mass is 16.2. The summed E-state index contributed by atoms with van der Waals surface area (Å²) in [7, 11) is 0. The Morgan fingerprint density at radius 3 is 1.68 bits per heavy atom. The van der Waals surface area contributed by atoms with Gasteiger partial charge in [0.05, 0.1) is 5.92 Å². The van der Waals surface area contributed by atoms with Gasteiger partial charge in [-0.05, 0) is 12.5 Å². The van der Waals surface area contributed by atoms with Gasteiger partial charge >= 0.3 is 0 Å². The molecule has 0 N–H and O–H groups in total. The zero-order valence-electron chi connectivity index (χ0n) is 12.0. The van der Waals surface area contributed by atoms with E-state index < -0.39 is 5.92 Å². The first-order chi connectivity index (χ1) is 10.7. The molecule has 0 aliphatic rings. The molecule has 110 valence electrons. The molecule has 0 atom stereocenters. The number of carbonyl (C=O) groups is 3. The van der Waals surface area contributed by atoms with Crippen molar-refractivity contribution in [3.05, 3.63) is 83.9 Å². The number of ketones is 2. The van der Waals surface area contributed by atoms with Crippen LogP contribution in [0.15, 0.2) is 72.8 Å². The maximum Gasteiger partial charge on any atom is 0.174 e. The monoisotopic (exact) mass is 292 g/mol. The van der Waals surface area contributed by atoms with E-state index >= 15 is 0 Å². The van der Waals surface area contributed by atoms with E-state index in [1.807, 2.05) is 12.1 Å². The Balaban J connectivity index is 2.30. The zero-order valence-corrected chi connectivity index (χ0v) is 12.0. The zero-order chi connectivity index (χ0) is 15.8. The number of aldehydes is 1. The Kier molecular flexibility index (Phi) is 5.55. The molecule has 0 heterocycles. The molecule has 0 fully saturated rings. The van der Waals surface area contributed by atoms with Crippen LogP contribution in [0.4, 0.5) is 0 Å². The molecule has 22 heavy (non-hydrogen) atoms. The summed E-state index contributed by atoms with van der Waals surface area (Å²) in [5.74, 6) is -1.28. The van der Waals surface area contributed by atoms with E-state index in [0.717, 1.165) is 0 Å². The molecule has 0 bridgehead atoms. The molecule has 2 aromatic carbocycles. The van der Waals surface area contributed by atoms with Crippen molar-refractivity contribution in [2.75, 3.05) is 0 Å². The molecule has 0 aromatic heterocycles. The van der Waals surface area contributed by atoms with E-state index in [0.29, 0.717) is 17.4 Å². The van der Waals surface area contributed by atoms with E-state index in [-0.39, 0.29) is 18.0 Å². The Bertz CT molecular complexity index is 621. The highest BCUT2D eigenvalue weighted by Crippen LogP contribution is 2.19. The second kappa shape index (κ2) is 7.84. The minimum atomic E-state index is -0.819. The molecule has 0 saturated heterocycles. The number of benzene rings is 2. The third-order valence-electron chi connectivity index (χ3n) is 3.34. The van der Waals surface area contributed by atoms with Crippen LogP contribution in [0.3, 0.4) is 0 Å². The van der Waals surface area contributed by atoms with Crippen LogP contribution in [0.2, 0.25) is 0 Å². The minimum absolute atomic E-state index is 0.209. The molecule has 0 saturated carbocycles. The van der Waals surface area contributed by atoms with Crippen molar-refractivity contribution in [2.45, 2.75) is 6.42 Å². The van der Waals surface area contributed by atoms with Crippen molar-refractivity contribution in [2.24, 2.45) is 5.92 Å². The third-order valence-corrected chi connectivity index (χ3v) is 3.34. The first-order valence-electron chi connectivity index (χ1n) is 7.03. The quantitative estimate of drug-likeness (QED) is 0.339. The summed E-state index contributed by atoms with van der Waals surface area (Å²) in [5.41, 5.74) is 0.993. The van der Waals surface area contributed by atoms with Crippen molar-refractivity contribution in [1.82, 2.24) is 0 Å². The maximum absolute atomic E-state index is 12.6. The van der Waals surface area contributed by atoms with E-state index in [1.165, 1.54) is 6.08 Å². The Hall–Kier alpha value is -2.81. The van der Waals surface area contributed by atoms with Gasteiger partial charge in [0.1, 0.15) is 6.29 Å². The van der Waals surface area contributed by atoms with Gasteiger partial charge in [-0.25, -0.2) is 0 Å². The SMILES string of the molecule is O=CC=CCC(C(=O)c1ccccc1)C(=O)c1ccccc1. The molecule has 0 spiro atoms. The van der Waals surface area contributed by atoms with Gasteiger partial charge in [0, 0.05) is 11.1 Å². The predicted octanol–water partition coefficient (Wildman–Crippen LogP) is 3.51. The fourth-order valence-corrected chi connectivity index (χ4v) is 2.21. The third kappa shape index (κ3) is 3.85. The second-order valence-electron chi connectivity index (χ2n) is 4.81. The summed E-state index contributed by atoms with van der Waals surface area (Å²) in [6.45, 7) is 0. The Morgan fingerprint density at radius 1 is 0.818 bits per heavy atom. The smallest absolute Gasteiger partial charge is 0.174 e. The predicted molar refractivity (Wildman–Crippen MR) is 84.9 cm³/mol. The summed E-state index contributed by atoms with van der Waals surface area (Å²) in [4.78, 5) is 35.6. The van der Waals surface area contributed by atoms with Crippen LogP contribution in [-0.2, 0) is 4.79 Å². The van der Waals surface area contributed by atoms with Gasteiger partial charge in [0.2, 0.25) is 0 Å². The maximum atomic E-state index is 12.6. The van der Waals surface area contributed by atoms with Crippen LogP contribution in [-0.4, -0.2) is 17.9 Å². The Labute approximate surface area is 129 Å². The minimum Gasteiger partial charge on any atom is -0.299 e. The summed E-state index contributed by atoms with van der Waals surface area (Å²) in [6.07, 6.45) is 3.71. The lowest BCUT2D eigenvalue weighted by molar-refractivity contribution is -0.104. The summed E-state index contributed by atoms with van der Waals surface area (Å²) >= 11 is 0. The first-order valence-corrected chi connectivity index (χ1v) is 7.03. The lowest BCUT2D eigenvalue weighted by atomic mass is 9.87. The fourth-order valence-electron chi connectivity index (χ4n) is 2.21. The molecular weight excluding hydrogens is 276 g/mol. The van der Waals surface area contributed by atoms with Gasteiger partial charge < -0.3 is 0 Å². The second-order valence-corrected chi connectivity index (χ2v) is 4.81. The van der Waals surface area contributed by atoms with Gasteiger partial charge in [-0.15, -0.1) is 0 Å². The van der Waals surface area contributed by atoms with Gasteiger partial charge in [-0.1, -0.05) is 66.7 Å². The van der Waals surface area contributed by atoms with Gasteiger partial charge in [-0.2, -0.15) is 0 Å². The van der Waals surface area contributed by atoms with Crippen molar-refractivity contribution < 1.29 is 14.4 Å². The average molecular weight is 292 g/mol. The lowest BCUT2D eigenvalue weighted by Gasteiger charge is -2.13. The van der Waals surface area contributed by atoms with E-state index in [9.17, 15) is 14.4 Å². The highest BCUT2D eigenvalue weighted by molar-refractivity contribution is 6.16. The number of rotatable bonds is 7. The summed E-state index contributed by atoms with van der Waals surface area (Å²) in [6, 6.07) is 17.4. The molecule has 0 unspecified atom stereocenters. The molecule has 0 aliphatic heterocycles. The average Bonchev–Trinajstić information content (AvgIpc) is 2.59. The van der Waals surface area contributed by atoms with Crippen molar-refractivity contribution in [1.29, 1.82) is 0 Å². The fraction of sp³-hybridized carbons (Fsp3) is 0.105. The molecule has 3 nitrogen and oxygen atoms in total. The number of allylic oxidation sites excluding steroid dienone is 2. The van der Waals surface area contributed by atoms with Crippen molar-refractivity contribution in [3.63, 3.8) is 0 Å². The molecule has 0 aliphatic carbocycles. The normalized spacial score (nSPS) is 10.8. The number of hydrogen-bond acceptors (Lipinski definition) is 3. The molecule has 0 radical (unpaired) electrons. The standard InChI is InChI=1S/C19H16O3/c20-14-8-7-13-17(18(21)15-9-3-1-4-10-15)19(22)16-11-5-2-6-12-16/h1-12,14,17H,13H2. The van der Waals surface area contributed by atoms with E-state index in [2.05, 4.69) is 0 Å². The topological polar surface area (TPSA) is 51.2 Å².